The number of hydrogen-bond acceptors (Lipinski definition) is 8. The number of aromatic amines is 2. The maximum absolute atomic E-state index is 13.4. The number of thiazole rings is 1. The predicted molar refractivity (Wildman–Crippen MR) is 113 cm³/mol. The molecule has 0 saturated heterocycles. The Morgan fingerprint density at radius 1 is 1.19 bits per heavy atom. The normalized spacial score (nSPS) is 10.9. The molecule has 0 saturated carbocycles. The molecule has 0 fully saturated rings. The number of carbonyl (C=O) groups is 1. The third-order valence-corrected chi connectivity index (χ3v) is 5.58. The second-order valence-electron chi connectivity index (χ2n) is 6.17. The number of rotatable bonds is 7. The van der Waals surface area contributed by atoms with E-state index >= 15 is 0 Å². The maximum atomic E-state index is 13.4. The van der Waals surface area contributed by atoms with E-state index in [1.807, 2.05) is 0 Å². The Labute approximate surface area is 181 Å². The van der Waals surface area contributed by atoms with Crippen molar-refractivity contribution in [3.63, 3.8) is 0 Å². The van der Waals surface area contributed by atoms with Gasteiger partial charge in [-0.25, -0.2) is 14.2 Å². The Morgan fingerprint density at radius 3 is 2.71 bits per heavy atom. The van der Waals surface area contributed by atoms with Crippen LogP contribution in [-0.4, -0.2) is 41.4 Å². The van der Waals surface area contributed by atoms with Crippen molar-refractivity contribution in [3.05, 3.63) is 80.1 Å². The second kappa shape index (κ2) is 9.06. The van der Waals surface area contributed by atoms with Crippen LogP contribution in [0.5, 0.6) is 0 Å². The zero-order chi connectivity index (χ0) is 21.8. The smallest absolute Gasteiger partial charge is 0.311 e. The summed E-state index contributed by atoms with van der Waals surface area (Å²) in [6, 6.07) is 6.92. The largest absolute Gasteiger partial charge is 0.325 e. The van der Waals surface area contributed by atoms with Crippen LogP contribution in [0.2, 0.25) is 0 Å². The van der Waals surface area contributed by atoms with Crippen LogP contribution in [0, 0.1) is 5.82 Å². The van der Waals surface area contributed by atoms with E-state index in [0.29, 0.717) is 27.5 Å². The van der Waals surface area contributed by atoms with E-state index in [4.69, 9.17) is 0 Å². The standard InChI is InChI=1S/C18H14FN7O3S2/c19-10-1-3-12(4-2-10)26-13(7-11-8-14(27)22-16(29)21-11)24-25-18(26)31-9-15(28)23-17-20-5-6-30-17/h1-6,8H,7,9H2,(H,20,23,28)(H2,21,22,27,29). The lowest BCUT2D eigenvalue weighted by molar-refractivity contribution is -0.113. The molecule has 3 heterocycles. The van der Waals surface area contributed by atoms with E-state index in [0.717, 1.165) is 11.8 Å². The molecule has 10 nitrogen and oxygen atoms in total. The summed E-state index contributed by atoms with van der Waals surface area (Å²) < 4.78 is 15.1. The Balaban J connectivity index is 1.61. The van der Waals surface area contributed by atoms with E-state index < -0.39 is 17.1 Å². The third-order valence-electron chi connectivity index (χ3n) is 3.96. The third kappa shape index (κ3) is 5.13. The van der Waals surface area contributed by atoms with Gasteiger partial charge in [0.2, 0.25) is 5.91 Å². The van der Waals surface area contributed by atoms with Gasteiger partial charge in [-0.3, -0.25) is 19.1 Å². The van der Waals surface area contributed by atoms with Crippen LogP contribution in [0.15, 0.2) is 56.7 Å². The molecule has 4 rings (SSSR count). The first-order chi connectivity index (χ1) is 15.0. The first-order valence-electron chi connectivity index (χ1n) is 8.83. The molecule has 0 aliphatic carbocycles. The van der Waals surface area contributed by atoms with E-state index in [2.05, 4.69) is 30.5 Å². The van der Waals surface area contributed by atoms with Gasteiger partial charge >= 0.3 is 5.69 Å². The van der Waals surface area contributed by atoms with Crippen LogP contribution in [0.25, 0.3) is 5.69 Å². The van der Waals surface area contributed by atoms with Crippen molar-refractivity contribution in [3.8, 4) is 5.69 Å². The van der Waals surface area contributed by atoms with Crippen molar-refractivity contribution < 1.29 is 9.18 Å². The first kappa shape index (κ1) is 20.7. The van der Waals surface area contributed by atoms with Gasteiger partial charge in [0, 0.05) is 35.4 Å². The molecule has 3 aromatic heterocycles. The van der Waals surface area contributed by atoms with Gasteiger partial charge in [-0.2, -0.15) is 0 Å². The zero-order valence-corrected chi connectivity index (χ0v) is 17.3. The topological polar surface area (TPSA) is 138 Å². The molecule has 0 atom stereocenters. The van der Waals surface area contributed by atoms with Crippen molar-refractivity contribution in [1.29, 1.82) is 0 Å². The Bertz CT molecular complexity index is 1280. The van der Waals surface area contributed by atoms with Gasteiger partial charge in [0.15, 0.2) is 10.3 Å². The maximum Gasteiger partial charge on any atom is 0.325 e. The van der Waals surface area contributed by atoms with Gasteiger partial charge in [-0.05, 0) is 24.3 Å². The quantitative estimate of drug-likeness (QED) is 0.357. The molecule has 0 aliphatic rings. The van der Waals surface area contributed by atoms with Crippen LogP contribution in [-0.2, 0) is 11.2 Å². The van der Waals surface area contributed by atoms with E-state index in [9.17, 15) is 18.8 Å². The molecule has 0 radical (unpaired) electrons. The summed E-state index contributed by atoms with van der Waals surface area (Å²) in [5.74, 6) is -0.236. The summed E-state index contributed by atoms with van der Waals surface area (Å²) in [5.41, 5.74) is -0.275. The van der Waals surface area contributed by atoms with Crippen molar-refractivity contribution in [2.45, 2.75) is 11.6 Å². The van der Waals surface area contributed by atoms with Gasteiger partial charge in [-0.1, -0.05) is 11.8 Å². The SMILES string of the molecule is O=C(CSc1nnc(Cc2cc(=O)[nH]c(=O)[nH]2)n1-c1ccc(F)cc1)Nc1nccs1. The molecule has 1 amide bonds. The molecule has 3 N–H and O–H groups in total. The Hall–Kier alpha value is -3.58. The number of nitrogens with one attached hydrogen (secondary N) is 3. The summed E-state index contributed by atoms with van der Waals surface area (Å²) in [7, 11) is 0. The summed E-state index contributed by atoms with van der Waals surface area (Å²) in [6.07, 6.45) is 1.68. The summed E-state index contributed by atoms with van der Waals surface area (Å²) in [6.45, 7) is 0. The molecule has 0 bridgehead atoms. The van der Waals surface area contributed by atoms with Crippen LogP contribution in [0.3, 0.4) is 0 Å². The number of aromatic nitrogens is 6. The number of hydrogen-bond donors (Lipinski definition) is 3. The van der Waals surface area contributed by atoms with E-state index in [-0.39, 0.29) is 18.1 Å². The lowest BCUT2D eigenvalue weighted by Crippen LogP contribution is -2.23. The van der Waals surface area contributed by atoms with Crippen molar-refractivity contribution in [1.82, 2.24) is 29.7 Å². The highest BCUT2D eigenvalue weighted by Gasteiger charge is 2.17. The Kier molecular flexibility index (Phi) is 6.04. The minimum Gasteiger partial charge on any atom is -0.311 e. The highest BCUT2D eigenvalue weighted by Crippen LogP contribution is 2.24. The minimum atomic E-state index is -0.635. The highest BCUT2D eigenvalue weighted by molar-refractivity contribution is 7.99. The molecule has 4 aromatic rings. The fourth-order valence-electron chi connectivity index (χ4n) is 2.71. The van der Waals surface area contributed by atoms with Crippen molar-refractivity contribution in [2.75, 3.05) is 11.1 Å². The lowest BCUT2D eigenvalue weighted by atomic mass is 10.2. The number of anilines is 1. The average Bonchev–Trinajstić information content (AvgIpc) is 3.36. The molecule has 0 aliphatic heterocycles. The number of benzene rings is 1. The van der Waals surface area contributed by atoms with Gasteiger partial charge in [0.25, 0.3) is 5.56 Å². The molecule has 0 spiro atoms. The number of carbonyl (C=O) groups excluding carboxylic acids is 1. The van der Waals surface area contributed by atoms with Gasteiger partial charge < -0.3 is 10.3 Å². The molecule has 13 heteroatoms. The molecule has 31 heavy (non-hydrogen) atoms. The Morgan fingerprint density at radius 2 is 2.00 bits per heavy atom. The summed E-state index contributed by atoms with van der Waals surface area (Å²) in [4.78, 5) is 44.0. The van der Waals surface area contributed by atoms with Crippen molar-refractivity contribution in [2.24, 2.45) is 0 Å². The molecule has 1 aromatic carbocycles. The zero-order valence-electron chi connectivity index (χ0n) is 15.7. The van der Waals surface area contributed by atoms with Gasteiger partial charge in [0.05, 0.1) is 5.75 Å². The van der Waals surface area contributed by atoms with Crippen LogP contribution < -0.4 is 16.6 Å². The number of amides is 1. The highest BCUT2D eigenvalue weighted by atomic mass is 32.2. The van der Waals surface area contributed by atoms with E-state index in [1.165, 1.54) is 29.5 Å². The van der Waals surface area contributed by atoms with Gasteiger partial charge in [0.1, 0.15) is 11.6 Å². The summed E-state index contributed by atoms with van der Waals surface area (Å²) >= 11 is 2.44. The van der Waals surface area contributed by atoms with Crippen molar-refractivity contribution >= 4 is 34.1 Å². The van der Waals surface area contributed by atoms with Crippen LogP contribution >= 0.6 is 23.1 Å². The number of H-pyrrole nitrogens is 2. The molecule has 0 unspecified atom stereocenters. The fourth-order valence-corrected chi connectivity index (χ4v) is 4.03. The number of halogens is 1. The average molecular weight is 459 g/mol. The second-order valence-corrected chi connectivity index (χ2v) is 8.01. The van der Waals surface area contributed by atoms with E-state index in [1.54, 1.807) is 28.3 Å². The van der Waals surface area contributed by atoms with Crippen LogP contribution in [0.4, 0.5) is 9.52 Å². The minimum absolute atomic E-state index is 0.0424. The lowest BCUT2D eigenvalue weighted by Gasteiger charge is -2.10. The van der Waals surface area contributed by atoms with Gasteiger partial charge in [-0.15, -0.1) is 21.5 Å². The summed E-state index contributed by atoms with van der Waals surface area (Å²) in [5, 5.41) is 13.6. The molecular weight excluding hydrogens is 445 g/mol. The first-order valence-corrected chi connectivity index (χ1v) is 10.7. The molecule has 158 valence electrons. The fraction of sp³-hybridized carbons (Fsp3) is 0.111. The number of nitrogens with zero attached hydrogens (tertiary/aromatic N) is 4. The molecular formula is C18H14FN7O3S2. The predicted octanol–water partition coefficient (Wildman–Crippen LogP) is 1.56. The van der Waals surface area contributed by atoms with Crippen LogP contribution in [0.1, 0.15) is 11.5 Å². The monoisotopic (exact) mass is 459 g/mol. The number of thioether (sulfide) groups is 1.